The molecule has 74 valence electrons. The summed E-state index contributed by atoms with van der Waals surface area (Å²) >= 11 is 0. The quantitative estimate of drug-likeness (QED) is 0.656. The van der Waals surface area contributed by atoms with Gasteiger partial charge in [-0.2, -0.15) is 0 Å². The Morgan fingerprint density at radius 2 is 1.93 bits per heavy atom. The molecule has 0 bridgehead atoms. The van der Waals surface area contributed by atoms with Gasteiger partial charge in [0.25, 0.3) is 0 Å². The Morgan fingerprint density at radius 1 is 1.07 bits per heavy atom. The fraction of sp³-hybridized carbons (Fsp3) is 0.538. The first kappa shape index (κ1) is 8.49. The van der Waals surface area contributed by atoms with Crippen LogP contribution >= 0.6 is 0 Å². The summed E-state index contributed by atoms with van der Waals surface area (Å²) in [6.45, 7) is 2.46. The Balaban J connectivity index is 1.92. The predicted octanol–water partition coefficient (Wildman–Crippen LogP) is 2.16. The highest BCUT2D eigenvalue weighted by Gasteiger charge is 2.36. The van der Waals surface area contributed by atoms with Gasteiger partial charge in [-0.25, -0.2) is 0 Å². The van der Waals surface area contributed by atoms with E-state index in [-0.39, 0.29) is 0 Å². The molecule has 1 aliphatic heterocycles. The maximum Gasteiger partial charge on any atom is 0.00116 e. The van der Waals surface area contributed by atoms with Crippen molar-refractivity contribution in [1.82, 2.24) is 5.32 Å². The topological polar surface area (TPSA) is 12.0 Å². The Hall–Kier alpha value is -0.820. The van der Waals surface area contributed by atoms with Gasteiger partial charge in [-0.3, -0.25) is 0 Å². The van der Waals surface area contributed by atoms with Crippen LogP contribution < -0.4 is 5.32 Å². The zero-order chi connectivity index (χ0) is 9.43. The minimum Gasteiger partial charge on any atom is -0.316 e. The molecule has 1 fully saturated rings. The normalized spacial score (nSPS) is 30.6. The maximum absolute atomic E-state index is 3.51. The molecule has 1 aliphatic carbocycles. The van der Waals surface area contributed by atoms with Crippen molar-refractivity contribution in [1.29, 1.82) is 0 Å². The van der Waals surface area contributed by atoms with Crippen LogP contribution in [0.3, 0.4) is 0 Å². The minimum atomic E-state index is 0.606. The number of aryl methyl sites for hydroxylation is 1. The second kappa shape index (κ2) is 3.09. The van der Waals surface area contributed by atoms with Crippen LogP contribution in [0.2, 0.25) is 0 Å². The molecule has 1 unspecified atom stereocenters. The maximum atomic E-state index is 3.51. The molecule has 2 aliphatic rings. The van der Waals surface area contributed by atoms with Gasteiger partial charge in [0, 0.05) is 6.54 Å². The van der Waals surface area contributed by atoms with E-state index in [0.717, 1.165) is 0 Å². The van der Waals surface area contributed by atoms with Gasteiger partial charge in [-0.1, -0.05) is 24.3 Å². The Bertz CT molecular complexity index is 337. The molecule has 3 rings (SSSR count). The van der Waals surface area contributed by atoms with Crippen molar-refractivity contribution in [2.75, 3.05) is 13.1 Å². The highest BCUT2D eigenvalue weighted by atomic mass is 14.9. The molecule has 1 N–H and O–H groups in total. The fourth-order valence-corrected chi connectivity index (χ4v) is 3.03. The summed E-state index contributed by atoms with van der Waals surface area (Å²) in [6.07, 6.45) is 5.35. The standard InChI is InChI=1S/C13H17N/c1-2-4-12-9-13(7-8-14-10-13)6-5-11(12)3-1/h1-4,14H,5-10H2. The summed E-state index contributed by atoms with van der Waals surface area (Å²) in [5.41, 5.74) is 3.79. The number of benzene rings is 1. The largest absolute Gasteiger partial charge is 0.316 e. The summed E-state index contributed by atoms with van der Waals surface area (Å²) < 4.78 is 0. The van der Waals surface area contributed by atoms with Crippen LogP contribution in [0.25, 0.3) is 0 Å². The summed E-state index contributed by atoms with van der Waals surface area (Å²) in [5.74, 6) is 0. The average Bonchev–Trinajstić information content (AvgIpc) is 2.66. The first-order chi connectivity index (χ1) is 6.88. The van der Waals surface area contributed by atoms with E-state index >= 15 is 0 Å². The van der Waals surface area contributed by atoms with Crippen LogP contribution in [0.15, 0.2) is 24.3 Å². The van der Waals surface area contributed by atoms with Crippen LogP contribution in [0.1, 0.15) is 24.0 Å². The zero-order valence-corrected chi connectivity index (χ0v) is 8.55. The first-order valence-electron chi connectivity index (χ1n) is 5.66. The summed E-state index contributed by atoms with van der Waals surface area (Å²) in [4.78, 5) is 0. The lowest BCUT2D eigenvalue weighted by atomic mass is 9.71. The smallest absolute Gasteiger partial charge is 0.00116 e. The number of fused-ring (bicyclic) bond motifs is 1. The van der Waals surface area contributed by atoms with Crippen molar-refractivity contribution in [3.05, 3.63) is 35.4 Å². The van der Waals surface area contributed by atoms with Gasteiger partial charge in [-0.05, 0) is 48.8 Å². The van der Waals surface area contributed by atoms with E-state index in [4.69, 9.17) is 0 Å². The molecule has 1 nitrogen and oxygen atoms in total. The third-order valence-corrected chi connectivity index (χ3v) is 3.94. The minimum absolute atomic E-state index is 0.606. The molecule has 1 atom stereocenters. The molecule has 1 spiro atoms. The van der Waals surface area contributed by atoms with Crippen molar-refractivity contribution in [3.8, 4) is 0 Å². The van der Waals surface area contributed by atoms with E-state index in [1.54, 1.807) is 11.1 Å². The first-order valence-corrected chi connectivity index (χ1v) is 5.66. The van der Waals surface area contributed by atoms with Crippen molar-refractivity contribution in [2.24, 2.45) is 5.41 Å². The predicted molar refractivity (Wildman–Crippen MR) is 58.4 cm³/mol. The van der Waals surface area contributed by atoms with E-state index in [2.05, 4.69) is 29.6 Å². The number of hydrogen-bond donors (Lipinski definition) is 1. The molecule has 1 heterocycles. The average molecular weight is 187 g/mol. The molecule has 0 amide bonds. The second-order valence-corrected chi connectivity index (χ2v) is 4.87. The van der Waals surface area contributed by atoms with Crippen LogP contribution in [-0.2, 0) is 12.8 Å². The van der Waals surface area contributed by atoms with Crippen molar-refractivity contribution in [3.63, 3.8) is 0 Å². The fourth-order valence-electron chi connectivity index (χ4n) is 3.03. The summed E-state index contributed by atoms with van der Waals surface area (Å²) in [6, 6.07) is 8.96. The molecule has 1 heteroatoms. The van der Waals surface area contributed by atoms with E-state index in [0.29, 0.717) is 5.41 Å². The van der Waals surface area contributed by atoms with Crippen molar-refractivity contribution < 1.29 is 0 Å². The van der Waals surface area contributed by atoms with Gasteiger partial charge in [-0.15, -0.1) is 0 Å². The molecule has 1 saturated heterocycles. The Kier molecular flexibility index (Phi) is 1.88. The Morgan fingerprint density at radius 3 is 2.71 bits per heavy atom. The second-order valence-electron chi connectivity index (χ2n) is 4.87. The van der Waals surface area contributed by atoms with Gasteiger partial charge in [0.15, 0.2) is 0 Å². The highest BCUT2D eigenvalue weighted by molar-refractivity contribution is 5.31. The summed E-state index contributed by atoms with van der Waals surface area (Å²) in [7, 11) is 0. The monoisotopic (exact) mass is 187 g/mol. The third-order valence-electron chi connectivity index (χ3n) is 3.94. The van der Waals surface area contributed by atoms with Gasteiger partial charge >= 0.3 is 0 Å². The number of rotatable bonds is 0. The van der Waals surface area contributed by atoms with E-state index in [1.165, 1.54) is 38.8 Å². The van der Waals surface area contributed by atoms with Crippen LogP contribution in [0.5, 0.6) is 0 Å². The summed E-state index contributed by atoms with van der Waals surface area (Å²) in [5, 5.41) is 3.51. The lowest BCUT2D eigenvalue weighted by Crippen LogP contribution is -2.31. The Labute approximate surface area is 85.5 Å². The lowest BCUT2D eigenvalue weighted by Gasteiger charge is -2.33. The van der Waals surface area contributed by atoms with Crippen LogP contribution in [-0.4, -0.2) is 13.1 Å². The van der Waals surface area contributed by atoms with E-state index in [9.17, 15) is 0 Å². The molecule has 14 heavy (non-hydrogen) atoms. The number of hydrogen-bond acceptors (Lipinski definition) is 1. The molecule has 0 aromatic heterocycles. The molecule has 0 radical (unpaired) electrons. The highest BCUT2D eigenvalue weighted by Crippen LogP contribution is 2.39. The van der Waals surface area contributed by atoms with Gasteiger partial charge in [0.2, 0.25) is 0 Å². The molecular weight excluding hydrogens is 170 g/mol. The SMILES string of the molecule is c1ccc2c(c1)CCC1(CCNC1)C2. The van der Waals surface area contributed by atoms with Crippen LogP contribution in [0.4, 0.5) is 0 Å². The van der Waals surface area contributed by atoms with Crippen LogP contribution in [0, 0.1) is 5.41 Å². The molecule has 0 saturated carbocycles. The van der Waals surface area contributed by atoms with Gasteiger partial charge in [0.05, 0.1) is 0 Å². The lowest BCUT2D eigenvalue weighted by molar-refractivity contribution is 0.278. The molecule has 1 aromatic rings. The third kappa shape index (κ3) is 1.27. The number of nitrogens with one attached hydrogen (secondary N) is 1. The van der Waals surface area contributed by atoms with Gasteiger partial charge in [0.1, 0.15) is 0 Å². The zero-order valence-electron chi connectivity index (χ0n) is 8.55. The van der Waals surface area contributed by atoms with Gasteiger partial charge < -0.3 is 5.32 Å². The van der Waals surface area contributed by atoms with Crippen molar-refractivity contribution in [2.45, 2.75) is 25.7 Å². The molecular formula is C13H17N. The van der Waals surface area contributed by atoms with Crippen molar-refractivity contribution >= 4 is 0 Å². The molecule has 1 aromatic carbocycles. The van der Waals surface area contributed by atoms with E-state index in [1.807, 2.05) is 0 Å². The van der Waals surface area contributed by atoms with E-state index < -0.39 is 0 Å².